The van der Waals surface area contributed by atoms with Crippen LogP contribution in [-0.2, 0) is 0 Å². The second kappa shape index (κ2) is 8.17. The summed E-state index contributed by atoms with van der Waals surface area (Å²) in [5.41, 5.74) is 0.937. The van der Waals surface area contributed by atoms with Crippen LogP contribution >= 0.6 is 28.3 Å². The minimum absolute atomic E-state index is 0. The fraction of sp³-hybridized carbons (Fsp3) is 0.538. The van der Waals surface area contributed by atoms with Gasteiger partial charge in [-0.2, -0.15) is 0 Å². The lowest BCUT2D eigenvalue weighted by molar-refractivity contribution is 0.141. The molecule has 0 amide bonds. The lowest BCUT2D eigenvalue weighted by Gasteiger charge is -2.35. The summed E-state index contributed by atoms with van der Waals surface area (Å²) < 4.78 is 14.1. The van der Waals surface area contributed by atoms with Crippen LogP contribution in [0.5, 0.6) is 0 Å². The number of aliphatic hydroxyl groups is 1. The molecule has 0 radical (unpaired) electrons. The van der Waals surface area contributed by atoms with Crippen molar-refractivity contribution in [2.24, 2.45) is 0 Å². The maximum absolute atomic E-state index is 13.6. The Morgan fingerprint density at radius 2 is 2.05 bits per heavy atom. The first-order valence-corrected chi connectivity index (χ1v) is 7.02. The van der Waals surface area contributed by atoms with Crippen molar-refractivity contribution in [3.05, 3.63) is 34.1 Å². The van der Waals surface area contributed by atoms with E-state index in [1.165, 1.54) is 0 Å². The van der Waals surface area contributed by atoms with E-state index in [2.05, 4.69) is 26.1 Å². The molecule has 1 aromatic rings. The predicted octanol–water partition coefficient (Wildman–Crippen LogP) is 2.34. The van der Waals surface area contributed by atoms with Gasteiger partial charge < -0.3 is 10.4 Å². The van der Waals surface area contributed by atoms with Gasteiger partial charge >= 0.3 is 0 Å². The molecule has 1 fully saturated rings. The Morgan fingerprint density at radius 1 is 1.37 bits per heavy atom. The minimum atomic E-state index is -0.245. The number of nitrogens with zero attached hydrogens (tertiary/aromatic N) is 1. The van der Waals surface area contributed by atoms with E-state index >= 15 is 0 Å². The monoisotopic (exact) mass is 352 g/mol. The number of piperazine rings is 1. The van der Waals surface area contributed by atoms with E-state index in [1.807, 2.05) is 6.07 Å². The number of rotatable bonds is 4. The molecule has 1 heterocycles. The van der Waals surface area contributed by atoms with Gasteiger partial charge in [0.1, 0.15) is 5.82 Å². The molecule has 2 N–H and O–H groups in total. The zero-order valence-electron chi connectivity index (χ0n) is 10.6. The predicted molar refractivity (Wildman–Crippen MR) is 80.2 cm³/mol. The smallest absolute Gasteiger partial charge is 0.137 e. The Morgan fingerprint density at radius 3 is 2.63 bits per heavy atom. The summed E-state index contributed by atoms with van der Waals surface area (Å²) in [5.74, 6) is -0.245. The summed E-state index contributed by atoms with van der Waals surface area (Å²) in [6.07, 6.45) is 0.640. The van der Waals surface area contributed by atoms with E-state index in [0.29, 0.717) is 10.9 Å². The molecule has 1 saturated heterocycles. The van der Waals surface area contributed by atoms with Crippen LogP contribution in [0.15, 0.2) is 22.7 Å². The van der Waals surface area contributed by atoms with Crippen molar-refractivity contribution in [3.63, 3.8) is 0 Å². The Bertz CT molecular complexity index is 402. The van der Waals surface area contributed by atoms with E-state index in [1.54, 1.807) is 12.1 Å². The summed E-state index contributed by atoms with van der Waals surface area (Å²) >= 11 is 3.17. The number of hydrogen-bond donors (Lipinski definition) is 2. The minimum Gasteiger partial charge on any atom is -0.396 e. The largest absolute Gasteiger partial charge is 0.396 e. The summed E-state index contributed by atoms with van der Waals surface area (Å²) in [6, 6.07) is 5.32. The highest BCUT2D eigenvalue weighted by atomic mass is 79.9. The Balaban J connectivity index is 0.00000180. The summed E-state index contributed by atoms with van der Waals surface area (Å²) in [7, 11) is 0. The average Bonchev–Trinajstić information content (AvgIpc) is 2.40. The first-order valence-electron chi connectivity index (χ1n) is 6.23. The van der Waals surface area contributed by atoms with Gasteiger partial charge in [-0.25, -0.2) is 4.39 Å². The highest BCUT2D eigenvalue weighted by Gasteiger charge is 2.22. The van der Waals surface area contributed by atoms with E-state index in [4.69, 9.17) is 0 Å². The third-order valence-corrected chi connectivity index (χ3v) is 3.97. The molecule has 108 valence electrons. The van der Waals surface area contributed by atoms with E-state index in [0.717, 1.165) is 31.7 Å². The topological polar surface area (TPSA) is 35.5 Å². The third kappa shape index (κ3) is 4.39. The second-order valence-corrected chi connectivity index (χ2v) is 5.34. The molecule has 0 aromatic heterocycles. The first-order chi connectivity index (χ1) is 8.72. The van der Waals surface area contributed by atoms with Gasteiger partial charge in [0.05, 0.1) is 4.47 Å². The van der Waals surface area contributed by atoms with Gasteiger partial charge in [-0.05, 0) is 40.0 Å². The first kappa shape index (κ1) is 16.9. The highest BCUT2D eigenvalue weighted by molar-refractivity contribution is 9.10. The molecule has 6 heteroatoms. The molecule has 0 saturated carbocycles. The van der Waals surface area contributed by atoms with E-state index in [9.17, 15) is 9.50 Å². The van der Waals surface area contributed by atoms with Crippen molar-refractivity contribution < 1.29 is 9.50 Å². The van der Waals surface area contributed by atoms with E-state index < -0.39 is 0 Å². The maximum Gasteiger partial charge on any atom is 0.137 e. The average molecular weight is 354 g/mol. The second-order valence-electron chi connectivity index (χ2n) is 4.49. The number of nitrogens with one attached hydrogen (secondary N) is 1. The molecule has 0 unspecified atom stereocenters. The van der Waals surface area contributed by atoms with Crippen molar-refractivity contribution in [2.45, 2.75) is 12.5 Å². The fourth-order valence-electron chi connectivity index (χ4n) is 2.40. The van der Waals surface area contributed by atoms with Gasteiger partial charge in [-0.3, -0.25) is 4.90 Å². The molecular weight excluding hydrogens is 335 g/mol. The molecule has 1 aromatic carbocycles. The molecule has 1 atom stereocenters. The van der Waals surface area contributed by atoms with Crippen LogP contribution < -0.4 is 5.32 Å². The van der Waals surface area contributed by atoms with Gasteiger partial charge in [0.25, 0.3) is 0 Å². The normalized spacial score (nSPS) is 17.8. The van der Waals surface area contributed by atoms with Crippen molar-refractivity contribution in [1.82, 2.24) is 10.2 Å². The number of aliphatic hydroxyl groups excluding tert-OH is 1. The summed E-state index contributed by atoms with van der Waals surface area (Å²) in [4.78, 5) is 2.30. The molecule has 0 aliphatic carbocycles. The molecule has 2 rings (SSSR count). The van der Waals surface area contributed by atoms with Crippen LogP contribution in [0.1, 0.15) is 18.0 Å². The molecule has 19 heavy (non-hydrogen) atoms. The lowest BCUT2D eigenvalue weighted by Crippen LogP contribution is -2.45. The fourth-order valence-corrected chi connectivity index (χ4v) is 2.64. The Kier molecular flexibility index (Phi) is 7.25. The molecule has 1 aliphatic rings. The molecule has 0 bridgehead atoms. The maximum atomic E-state index is 13.6. The van der Waals surface area contributed by atoms with Crippen LogP contribution in [0.4, 0.5) is 4.39 Å². The molecule has 3 nitrogen and oxygen atoms in total. The van der Waals surface area contributed by atoms with Crippen LogP contribution in [0, 0.1) is 5.82 Å². The number of hydrogen-bond acceptors (Lipinski definition) is 3. The van der Waals surface area contributed by atoms with Crippen LogP contribution in [0.3, 0.4) is 0 Å². The SMILES string of the molecule is Cl.OCC[C@H](c1ccc(Br)c(F)c1)N1CCNCC1. The van der Waals surface area contributed by atoms with Crippen molar-refractivity contribution in [2.75, 3.05) is 32.8 Å². The highest BCUT2D eigenvalue weighted by Crippen LogP contribution is 2.27. The van der Waals surface area contributed by atoms with Crippen molar-refractivity contribution >= 4 is 28.3 Å². The zero-order valence-corrected chi connectivity index (χ0v) is 13.0. The quantitative estimate of drug-likeness (QED) is 0.872. The third-order valence-electron chi connectivity index (χ3n) is 3.32. The number of benzene rings is 1. The van der Waals surface area contributed by atoms with Gasteiger partial charge in [-0.15, -0.1) is 12.4 Å². The molecule has 0 spiro atoms. The summed E-state index contributed by atoms with van der Waals surface area (Å²) in [5, 5.41) is 12.5. The van der Waals surface area contributed by atoms with Crippen LogP contribution in [-0.4, -0.2) is 42.8 Å². The van der Waals surface area contributed by atoms with Crippen molar-refractivity contribution in [3.8, 4) is 0 Å². The lowest BCUT2D eigenvalue weighted by atomic mass is 10.0. The zero-order chi connectivity index (χ0) is 13.0. The number of halogens is 3. The van der Waals surface area contributed by atoms with Crippen LogP contribution in [0.2, 0.25) is 0 Å². The van der Waals surface area contributed by atoms with Gasteiger partial charge in [-0.1, -0.05) is 6.07 Å². The Hall–Kier alpha value is -0.200. The molecule has 1 aliphatic heterocycles. The summed E-state index contributed by atoms with van der Waals surface area (Å²) in [6.45, 7) is 3.87. The van der Waals surface area contributed by atoms with Crippen molar-refractivity contribution in [1.29, 1.82) is 0 Å². The van der Waals surface area contributed by atoms with Gasteiger partial charge in [0.15, 0.2) is 0 Å². The Labute approximate surface area is 127 Å². The van der Waals surface area contributed by atoms with Crippen LogP contribution in [0.25, 0.3) is 0 Å². The van der Waals surface area contributed by atoms with Gasteiger partial charge in [0.2, 0.25) is 0 Å². The van der Waals surface area contributed by atoms with E-state index in [-0.39, 0.29) is 30.9 Å². The van der Waals surface area contributed by atoms with Gasteiger partial charge in [0, 0.05) is 38.8 Å². The standard InChI is InChI=1S/C13H18BrFN2O.ClH/c14-11-2-1-10(9-12(11)15)13(3-8-18)17-6-4-16-5-7-17;/h1-2,9,13,16,18H,3-8H2;1H/t13-;/m1./s1. The molecular formula is C13H19BrClFN2O.